The highest BCUT2D eigenvalue weighted by molar-refractivity contribution is 5.93. The van der Waals surface area contributed by atoms with Gasteiger partial charge in [0.05, 0.1) is 7.11 Å². The van der Waals surface area contributed by atoms with Gasteiger partial charge in [0, 0.05) is 17.3 Å². The zero-order valence-corrected chi connectivity index (χ0v) is 10.3. The average Bonchev–Trinajstić information content (AvgIpc) is 2.38. The van der Waals surface area contributed by atoms with Crippen molar-refractivity contribution in [2.45, 2.75) is 0 Å². The van der Waals surface area contributed by atoms with E-state index in [0.717, 1.165) is 0 Å². The van der Waals surface area contributed by atoms with Crippen LogP contribution in [0.25, 0.3) is 0 Å². The second-order valence-electron chi connectivity index (χ2n) is 3.72. The maximum atomic E-state index is 11.1. The van der Waals surface area contributed by atoms with Crippen molar-refractivity contribution in [2.24, 2.45) is 5.73 Å². The normalized spacial score (nSPS) is 9.95. The lowest BCUT2D eigenvalue weighted by atomic mass is 10.2. The zero-order valence-electron chi connectivity index (χ0n) is 10.3. The largest absolute Gasteiger partial charge is 0.481 e. The molecule has 1 aromatic carbocycles. The minimum absolute atomic E-state index is 0.0907. The van der Waals surface area contributed by atoms with Crippen molar-refractivity contribution in [3.05, 3.63) is 35.9 Å². The van der Waals surface area contributed by atoms with E-state index in [2.05, 4.69) is 15.3 Å². The molecule has 5 N–H and O–H groups in total. The van der Waals surface area contributed by atoms with Gasteiger partial charge in [0.15, 0.2) is 0 Å². The number of nitrogens with zero attached hydrogens (tertiary/aromatic N) is 2. The minimum Gasteiger partial charge on any atom is -0.481 e. The number of methoxy groups -OCH3 is 1. The van der Waals surface area contributed by atoms with Crippen LogP contribution in [0.4, 0.5) is 17.5 Å². The first-order chi connectivity index (χ1) is 9.08. The van der Waals surface area contributed by atoms with Gasteiger partial charge in [-0.15, -0.1) is 0 Å². The first kappa shape index (κ1) is 12.6. The molecule has 2 aromatic rings. The maximum absolute atomic E-state index is 11.1. The van der Waals surface area contributed by atoms with E-state index < -0.39 is 5.91 Å². The molecule has 1 amide bonds. The van der Waals surface area contributed by atoms with E-state index in [9.17, 15) is 4.79 Å². The summed E-state index contributed by atoms with van der Waals surface area (Å²) in [5.74, 6) is 0.406. The highest BCUT2D eigenvalue weighted by Crippen LogP contribution is 2.19. The number of nitrogens with two attached hydrogens (primary N) is 2. The molecule has 7 nitrogen and oxygen atoms in total. The van der Waals surface area contributed by atoms with Crippen molar-refractivity contribution in [3.63, 3.8) is 0 Å². The Hall–Kier alpha value is -2.83. The number of benzene rings is 1. The predicted molar refractivity (Wildman–Crippen MR) is 71.2 cm³/mol. The zero-order chi connectivity index (χ0) is 13.8. The molecule has 0 aliphatic carbocycles. The number of rotatable bonds is 4. The number of nitrogen functional groups attached to an aromatic ring is 1. The van der Waals surface area contributed by atoms with Crippen LogP contribution >= 0.6 is 0 Å². The predicted octanol–water partition coefficient (Wildman–Crippen LogP) is 0.910. The van der Waals surface area contributed by atoms with Gasteiger partial charge in [-0.2, -0.15) is 9.97 Å². The second-order valence-corrected chi connectivity index (χ2v) is 3.72. The van der Waals surface area contributed by atoms with Crippen LogP contribution in [0, 0.1) is 0 Å². The number of carbonyl (C=O) groups is 1. The van der Waals surface area contributed by atoms with E-state index in [1.54, 1.807) is 30.3 Å². The summed E-state index contributed by atoms with van der Waals surface area (Å²) in [7, 11) is 1.49. The number of carbonyl (C=O) groups excluding carboxylic acids is 1. The van der Waals surface area contributed by atoms with Crippen LogP contribution in [0.5, 0.6) is 5.88 Å². The van der Waals surface area contributed by atoms with Crippen LogP contribution in [-0.4, -0.2) is 23.0 Å². The van der Waals surface area contributed by atoms with E-state index >= 15 is 0 Å². The molecule has 19 heavy (non-hydrogen) atoms. The van der Waals surface area contributed by atoms with Gasteiger partial charge in [-0.3, -0.25) is 4.79 Å². The average molecular weight is 259 g/mol. The molecular formula is C12H13N5O2. The molecule has 0 aliphatic rings. The van der Waals surface area contributed by atoms with Gasteiger partial charge in [-0.25, -0.2) is 0 Å². The van der Waals surface area contributed by atoms with Crippen LogP contribution in [0.2, 0.25) is 0 Å². The van der Waals surface area contributed by atoms with Crippen molar-refractivity contribution in [1.82, 2.24) is 9.97 Å². The molecule has 0 atom stereocenters. The molecule has 7 heteroatoms. The number of hydrogen-bond acceptors (Lipinski definition) is 6. The smallest absolute Gasteiger partial charge is 0.248 e. The van der Waals surface area contributed by atoms with Crippen LogP contribution in [0.15, 0.2) is 30.3 Å². The number of primary amides is 1. The molecule has 1 aromatic heterocycles. The van der Waals surface area contributed by atoms with Crippen LogP contribution in [-0.2, 0) is 0 Å². The molecule has 0 unspecified atom stereocenters. The van der Waals surface area contributed by atoms with E-state index in [0.29, 0.717) is 22.9 Å². The molecule has 0 saturated carbocycles. The molecule has 98 valence electrons. The van der Waals surface area contributed by atoms with E-state index in [1.807, 2.05) is 0 Å². The number of amides is 1. The Kier molecular flexibility index (Phi) is 3.46. The summed E-state index contributed by atoms with van der Waals surface area (Å²) in [6.45, 7) is 0. The van der Waals surface area contributed by atoms with Gasteiger partial charge < -0.3 is 21.5 Å². The lowest BCUT2D eigenvalue weighted by Crippen LogP contribution is -2.11. The lowest BCUT2D eigenvalue weighted by molar-refractivity contribution is 0.100. The SMILES string of the molecule is COc1cc(Nc2cccc(C(N)=O)c2)nc(N)n1. The third-order valence-electron chi connectivity index (χ3n) is 2.35. The third kappa shape index (κ3) is 3.09. The van der Waals surface area contributed by atoms with E-state index in [1.165, 1.54) is 7.11 Å². The Morgan fingerprint density at radius 2 is 2.11 bits per heavy atom. The molecule has 1 heterocycles. The van der Waals surface area contributed by atoms with Crippen molar-refractivity contribution >= 4 is 23.4 Å². The molecule has 0 saturated heterocycles. The second kappa shape index (κ2) is 5.21. The highest BCUT2D eigenvalue weighted by atomic mass is 16.5. The molecule has 0 bridgehead atoms. The van der Waals surface area contributed by atoms with Crippen molar-refractivity contribution in [3.8, 4) is 5.88 Å². The Balaban J connectivity index is 2.28. The monoisotopic (exact) mass is 259 g/mol. The van der Waals surface area contributed by atoms with Gasteiger partial charge in [-0.05, 0) is 18.2 Å². The Morgan fingerprint density at radius 3 is 2.79 bits per heavy atom. The Morgan fingerprint density at radius 1 is 1.32 bits per heavy atom. The topological polar surface area (TPSA) is 116 Å². The van der Waals surface area contributed by atoms with Gasteiger partial charge >= 0.3 is 0 Å². The highest BCUT2D eigenvalue weighted by Gasteiger charge is 2.05. The van der Waals surface area contributed by atoms with Gasteiger partial charge in [0.1, 0.15) is 5.82 Å². The summed E-state index contributed by atoms with van der Waals surface area (Å²) < 4.78 is 4.99. The van der Waals surface area contributed by atoms with Crippen molar-refractivity contribution in [1.29, 1.82) is 0 Å². The van der Waals surface area contributed by atoms with Crippen molar-refractivity contribution in [2.75, 3.05) is 18.2 Å². The van der Waals surface area contributed by atoms with Crippen LogP contribution in [0.3, 0.4) is 0 Å². The fraction of sp³-hybridized carbons (Fsp3) is 0.0833. The fourth-order valence-electron chi connectivity index (χ4n) is 1.51. The standard InChI is InChI=1S/C12H13N5O2/c1-19-10-6-9(16-12(14)17-10)15-8-4-2-3-7(5-8)11(13)18/h2-6H,1H3,(H2,13,18)(H3,14,15,16,17). The van der Waals surface area contributed by atoms with Crippen LogP contribution < -0.4 is 21.5 Å². The van der Waals surface area contributed by atoms with E-state index in [4.69, 9.17) is 16.2 Å². The Labute approximate surface area is 109 Å². The van der Waals surface area contributed by atoms with Crippen LogP contribution in [0.1, 0.15) is 10.4 Å². The van der Waals surface area contributed by atoms with Gasteiger partial charge in [-0.1, -0.05) is 6.07 Å². The molecular weight excluding hydrogens is 246 g/mol. The number of anilines is 3. The van der Waals surface area contributed by atoms with Gasteiger partial charge in [0.2, 0.25) is 17.7 Å². The summed E-state index contributed by atoms with van der Waals surface area (Å²) in [5, 5.41) is 3.00. The summed E-state index contributed by atoms with van der Waals surface area (Å²) in [6.07, 6.45) is 0. The quantitative estimate of drug-likeness (QED) is 0.751. The number of ether oxygens (including phenoxy) is 1. The number of hydrogen-bond donors (Lipinski definition) is 3. The number of nitrogens with one attached hydrogen (secondary N) is 1. The van der Waals surface area contributed by atoms with Crippen molar-refractivity contribution < 1.29 is 9.53 Å². The molecule has 0 fully saturated rings. The summed E-state index contributed by atoms with van der Waals surface area (Å²) in [4.78, 5) is 19.0. The summed E-state index contributed by atoms with van der Waals surface area (Å²) >= 11 is 0. The molecule has 2 rings (SSSR count). The molecule has 0 spiro atoms. The summed E-state index contributed by atoms with van der Waals surface area (Å²) in [5.41, 5.74) is 11.8. The molecule has 0 aliphatic heterocycles. The van der Waals surface area contributed by atoms with E-state index in [-0.39, 0.29) is 5.95 Å². The molecule has 0 radical (unpaired) electrons. The maximum Gasteiger partial charge on any atom is 0.248 e. The van der Waals surface area contributed by atoms with Gasteiger partial charge in [0.25, 0.3) is 0 Å². The number of aromatic nitrogens is 2. The first-order valence-electron chi connectivity index (χ1n) is 5.44. The Bertz CT molecular complexity index is 615. The first-order valence-corrected chi connectivity index (χ1v) is 5.44. The lowest BCUT2D eigenvalue weighted by Gasteiger charge is -2.08. The minimum atomic E-state index is -0.497. The fourth-order valence-corrected chi connectivity index (χ4v) is 1.51. The third-order valence-corrected chi connectivity index (χ3v) is 2.35. The summed E-state index contributed by atoms with van der Waals surface area (Å²) in [6, 6.07) is 8.32.